The van der Waals surface area contributed by atoms with Crippen molar-refractivity contribution >= 4 is 11.8 Å². The molecule has 120 valence electrons. The molecule has 2 amide bonds. The molecule has 0 bridgehead atoms. The van der Waals surface area contributed by atoms with Crippen LogP contribution in [0.15, 0.2) is 24.3 Å². The summed E-state index contributed by atoms with van der Waals surface area (Å²) in [5, 5.41) is 6.22. The maximum atomic E-state index is 12.5. The molecule has 0 saturated carbocycles. The molecule has 2 N–H and O–H groups in total. The molecule has 1 saturated heterocycles. The van der Waals surface area contributed by atoms with E-state index in [4.69, 9.17) is 0 Å². The summed E-state index contributed by atoms with van der Waals surface area (Å²) in [5.74, 6) is -0.0280. The zero-order chi connectivity index (χ0) is 16.1. The van der Waals surface area contributed by atoms with Gasteiger partial charge in [0.2, 0.25) is 11.8 Å². The van der Waals surface area contributed by atoms with Gasteiger partial charge in [-0.05, 0) is 19.4 Å². The summed E-state index contributed by atoms with van der Waals surface area (Å²) in [6.45, 7) is 7.85. The van der Waals surface area contributed by atoms with E-state index in [-0.39, 0.29) is 17.9 Å². The maximum absolute atomic E-state index is 12.5. The highest BCUT2D eigenvalue weighted by atomic mass is 16.2. The Balaban J connectivity index is 2.07. The number of carbonyl (C=O) groups is 2. The van der Waals surface area contributed by atoms with Crippen LogP contribution in [0.4, 0.5) is 0 Å². The Labute approximate surface area is 132 Å². The van der Waals surface area contributed by atoms with Crippen LogP contribution < -0.4 is 10.6 Å². The Morgan fingerprint density at radius 3 is 2.64 bits per heavy atom. The Bertz CT molecular complexity index is 527. The minimum Gasteiger partial charge on any atom is -0.349 e. The summed E-state index contributed by atoms with van der Waals surface area (Å²) in [6.07, 6.45) is 0.301. The van der Waals surface area contributed by atoms with Gasteiger partial charge >= 0.3 is 0 Å². The van der Waals surface area contributed by atoms with Crippen molar-refractivity contribution in [3.63, 3.8) is 0 Å². The van der Waals surface area contributed by atoms with Crippen LogP contribution in [-0.4, -0.2) is 42.4 Å². The predicted molar refractivity (Wildman–Crippen MR) is 86.4 cm³/mol. The number of aryl methyl sites for hydroxylation is 1. The van der Waals surface area contributed by atoms with E-state index < -0.39 is 0 Å². The second-order valence-electron chi connectivity index (χ2n) is 6.06. The number of piperazine rings is 1. The number of rotatable bonds is 4. The third-order valence-electron chi connectivity index (χ3n) is 3.96. The molecule has 1 aromatic rings. The lowest BCUT2D eigenvalue weighted by molar-refractivity contribution is -0.133. The molecule has 0 spiro atoms. The smallest absolute Gasteiger partial charge is 0.225 e. The first-order valence-corrected chi connectivity index (χ1v) is 7.80. The topological polar surface area (TPSA) is 61.4 Å². The predicted octanol–water partition coefficient (Wildman–Crippen LogP) is 1.38. The van der Waals surface area contributed by atoms with Crippen LogP contribution in [0.1, 0.15) is 37.4 Å². The number of nitrogens with one attached hydrogen (secondary N) is 2. The summed E-state index contributed by atoms with van der Waals surface area (Å²) >= 11 is 0. The molecule has 2 unspecified atom stereocenters. The average Bonchev–Trinajstić information content (AvgIpc) is 2.47. The SMILES string of the molecule is CC(=O)NC(CC(=O)N1CCNC(C)C1)c1ccc(C)cc1. The van der Waals surface area contributed by atoms with Gasteiger partial charge in [0.25, 0.3) is 0 Å². The quantitative estimate of drug-likeness (QED) is 0.883. The number of carbonyl (C=O) groups excluding carboxylic acids is 2. The van der Waals surface area contributed by atoms with Crippen molar-refractivity contribution in [2.75, 3.05) is 19.6 Å². The highest BCUT2D eigenvalue weighted by Gasteiger charge is 2.24. The molecule has 22 heavy (non-hydrogen) atoms. The Kier molecular flexibility index (Phi) is 5.55. The summed E-state index contributed by atoms with van der Waals surface area (Å²) in [5.41, 5.74) is 2.13. The second-order valence-corrected chi connectivity index (χ2v) is 6.06. The van der Waals surface area contributed by atoms with E-state index in [9.17, 15) is 9.59 Å². The van der Waals surface area contributed by atoms with Crippen LogP contribution >= 0.6 is 0 Å². The molecule has 1 aliphatic heterocycles. The first kappa shape index (κ1) is 16.5. The van der Waals surface area contributed by atoms with Gasteiger partial charge in [-0.1, -0.05) is 29.8 Å². The molecule has 5 heteroatoms. The molecule has 1 fully saturated rings. The van der Waals surface area contributed by atoms with Crippen LogP contribution in [0.3, 0.4) is 0 Å². The Morgan fingerprint density at radius 1 is 1.36 bits per heavy atom. The van der Waals surface area contributed by atoms with E-state index >= 15 is 0 Å². The van der Waals surface area contributed by atoms with Crippen LogP contribution in [0.5, 0.6) is 0 Å². The molecule has 2 rings (SSSR count). The number of hydrogen-bond acceptors (Lipinski definition) is 3. The van der Waals surface area contributed by atoms with Gasteiger partial charge in [-0.25, -0.2) is 0 Å². The lowest BCUT2D eigenvalue weighted by atomic mass is 10.0. The van der Waals surface area contributed by atoms with Gasteiger partial charge in [0.05, 0.1) is 12.5 Å². The van der Waals surface area contributed by atoms with Gasteiger partial charge in [0, 0.05) is 32.6 Å². The molecule has 1 heterocycles. The second kappa shape index (κ2) is 7.40. The van der Waals surface area contributed by atoms with E-state index in [1.54, 1.807) is 0 Å². The third kappa shape index (κ3) is 4.56. The first-order chi connectivity index (χ1) is 10.5. The largest absolute Gasteiger partial charge is 0.349 e. The average molecular weight is 303 g/mol. The number of amides is 2. The van der Waals surface area contributed by atoms with Crippen LogP contribution in [0.25, 0.3) is 0 Å². The zero-order valence-electron chi connectivity index (χ0n) is 13.6. The summed E-state index contributed by atoms with van der Waals surface area (Å²) in [4.78, 5) is 25.9. The number of hydrogen-bond donors (Lipinski definition) is 2. The van der Waals surface area contributed by atoms with Crippen LogP contribution in [-0.2, 0) is 9.59 Å². The minimum atomic E-state index is -0.268. The van der Waals surface area contributed by atoms with Crippen molar-refractivity contribution in [2.45, 2.75) is 39.3 Å². The Morgan fingerprint density at radius 2 is 2.05 bits per heavy atom. The van der Waals surface area contributed by atoms with Gasteiger partial charge in [-0.3, -0.25) is 9.59 Å². The molecule has 1 aliphatic rings. The van der Waals surface area contributed by atoms with E-state index in [2.05, 4.69) is 17.6 Å². The van der Waals surface area contributed by atoms with Crippen molar-refractivity contribution in [3.05, 3.63) is 35.4 Å². The maximum Gasteiger partial charge on any atom is 0.225 e. The van der Waals surface area contributed by atoms with Gasteiger partial charge in [0.15, 0.2) is 0 Å². The van der Waals surface area contributed by atoms with Crippen molar-refractivity contribution in [1.82, 2.24) is 15.5 Å². The van der Waals surface area contributed by atoms with Gasteiger partial charge in [0.1, 0.15) is 0 Å². The molecular weight excluding hydrogens is 278 g/mol. The van der Waals surface area contributed by atoms with Gasteiger partial charge < -0.3 is 15.5 Å². The van der Waals surface area contributed by atoms with Gasteiger partial charge in [-0.2, -0.15) is 0 Å². The molecule has 2 atom stereocenters. The fourth-order valence-electron chi connectivity index (χ4n) is 2.76. The fourth-order valence-corrected chi connectivity index (χ4v) is 2.76. The minimum absolute atomic E-state index is 0.0904. The van der Waals surface area contributed by atoms with E-state index in [0.29, 0.717) is 12.5 Å². The van der Waals surface area contributed by atoms with E-state index in [0.717, 1.165) is 30.8 Å². The van der Waals surface area contributed by atoms with Crippen molar-refractivity contribution in [3.8, 4) is 0 Å². The van der Waals surface area contributed by atoms with Gasteiger partial charge in [-0.15, -0.1) is 0 Å². The summed E-state index contributed by atoms with van der Waals surface area (Å²) in [6, 6.07) is 8.00. The van der Waals surface area contributed by atoms with Crippen LogP contribution in [0, 0.1) is 6.92 Å². The highest BCUT2D eigenvalue weighted by molar-refractivity contribution is 5.79. The summed E-state index contributed by atoms with van der Waals surface area (Å²) in [7, 11) is 0. The van der Waals surface area contributed by atoms with Crippen molar-refractivity contribution in [2.24, 2.45) is 0 Å². The zero-order valence-corrected chi connectivity index (χ0v) is 13.6. The van der Waals surface area contributed by atoms with E-state index in [1.807, 2.05) is 36.1 Å². The monoisotopic (exact) mass is 303 g/mol. The molecule has 0 aliphatic carbocycles. The first-order valence-electron chi connectivity index (χ1n) is 7.80. The molecule has 1 aromatic carbocycles. The van der Waals surface area contributed by atoms with Crippen molar-refractivity contribution in [1.29, 1.82) is 0 Å². The highest BCUT2D eigenvalue weighted by Crippen LogP contribution is 2.19. The molecule has 0 radical (unpaired) electrons. The summed E-state index contributed by atoms with van der Waals surface area (Å²) < 4.78 is 0. The lowest BCUT2D eigenvalue weighted by Gasteiger charge is -2.33. The third-order valence-corrected chi connectivity index (χ3v) is 3.96. The number of nitrogens with zero attached hydrogens (tertiary/aromatic N) is 1. The normalized spacial score (nSPS) is 19.6. The van der Waals surface area contributed by atoms with Crippen molar-refractivity contribution < 1.29 is 9.59 Å². The fraction of sp³-hybridized carbons (Fsp3) is 0.529. The molecular formula is C17H25N3O2. The molecule has 0 aromatic heterocycles. The van der Waals surface area contributed by atoms with Crippen LogP contribution in [0.2, 0.25) is 0 Å². The number of benzene rings is 1. The lowest BCUT2D eigenvalue weighted by Crippen LogP contribution is -2.51. The molecule has 5 nitrogen and oxygen atoms in total. The van der Waals surface area contributed by atoms with E-state index in [1.165, 1.54) is 6.92 Å². The Hall–Kier alpha value is -1.88. The standard InChI is InChI=1S/C17H25N3O2/c1-12-4-6-15(7-5-12)16(19-14(3)21)10-17(22)20-9-8-18-13(2)11-20/h4-7,13,16,18H,8-11H2,1-3H3,(H,19,21).